The van der Waals surface area contributed by atoms with E-state index in [-0.39, 0.29) is 45.7 Å². The summed E-state index contributed by atoms with van der Waals surface area (Å²) in [5, 5.41) is 21.5. The SMILES string of the molecule is CC1(C)CC[C@]2(CO)C(=O)C[C@]3(C)C(=CCC4[C@@]5(C)CC[C@H](O)C(C)(C)C5CC[C@]43C)C2C1. The summed E-state index contributed by atoms with van der Waals surface area (Å²) in [6.45, 7) is 16.7. The van der Waals surface area contributed by atoms with Crippen molar-refractivity contribution in [2.75, 3.05) is 6.61 Å². The van der Waals surface area contributed by atoms with Crippen molar-refractivity contribution in [2.24, 2.45) is 50.2 Å². The Morgan fingerprint density at radius 1 is 0.939 bits per heavy atom. The molecule has 4 saturated carbocycles. The predicted molar refractivity (Wildman–Crippen MR) is 133 cm³/mol. The Balaban J connectivity index is 1.62. The number of ketones is 1. The van der Waals surface area contributed by atoms with Crippen LogP contribution in [0.2, 0.25) is 0 Å². The summed E-state index contributed by atoms with van der Waals surface area (Å²) in [5.41, 5.74) is 1.27. The van der Waals surface area contributed by atoms with Gasteiger partial charge in [0, 0.05) is 11.8 Å². The normalized spacial score (nSPS) is 52.6. The molecule has 2 N–H and O–H groups in total. The molecule has 33 heavy (non-hydrogen) atoms. The van der Waals surface area contributed by atoms with E-state index in [4.69, 9.17) is 0 Å². The molecule has 0 heterocycles. The summed E-state index contributed by atoms with van der Waals surface area (Å²) in [6, 6.07) is 0. The molecular formula is C30H48O3. The van der Waals surface area contributed by atoms with Crippen LogP contribution in [0.4, 0.5) is 0 Å². The van der Waals surface area contributed by atoms with E-state index in [9.17, 15) is 15.0 Å². The molecule has 3 nitrogen and oxygen atoms in total. The van der Waals surface area contributed by atoms with Gasteiger partial charge in [-0.25, -0.2) is 0 Å². The van der Waals surface area contributed by atoms with Crippen molar-refractivity contribution in [3.05, 3.63) is 11.6 Å². The molecule has 0 aromatic carbocycles. The number of hydrogen-bond donors (Lipinski definition) is 2. The molecule has 186 valence electrons. The fraction of sp³-hybridized carbons (Fsp3) is 0.900. The number of aliphatic hydroxyl groups is 2. The van der Waals surface area contributed by atoms with Gasteiger partial charge < -0.3 is 10.2 Å². The van der Waals surface area contributed by atoms with E-state index in [1.807, 2.05) is 0 Å². The quantitative estimate of drug-likeness (QED) is 0.454. The van der Waals surface area contributed by atoms with Crippen molar-refractivity contribution in [3.8, 4) is 0 Å². The van der Waals surface area contributed by atoms with Crippen molar-refractivity contribution in [1.82, 2.24) is 0 Å². The molecule has 3 unspecified atom stereocenters. The third-order valence-electron chi connectivity index (χ3n) is 12.9. The topological polar surface area (TPSA) is 57.5 Å². The smallest absolute Gasteiger partial charge is 0.142 e. The summed E-state index contributed by atoms with van der Waals surface area (Å²) >= 11 is 0. The van der Waals surface area contributed by atoms with Crippen molar-refractivity contribution < 1.29 is 15.0 Å². The third-order valence-corrected chi connectivity index (χ3v) is 12.9. The number of rotatable bonds is 1. The largest absolute Gasteiger partial charge is 0.395 e. The van der Waals surface area contributed by atoms with E-state index in [0.717, 1.165) is 51.4 Å². The van der Waals surface area contributed by atoms with Crippen LogP contribution in [0.25, 0.3) is 0 Å². The zero-order valence-electron chi connectivity index (χ0n) is 22.3. The first-order chi connectivity index (χ1) is 15.2. The van der Waals surface area contributed by atoms with Gasteiger partial charge >= 0.3 is 0 Å². The number of Topliss-reactive ketones (excluding diaryl/α,β-unsaturated/α-hetero) is 1. The lowest BCUT2D eigenvalue weighted by Gasteiger charge is -2.71. The Kier molecular flexibility index (Phi) is 5.07. The average molecular weight is 457 g/mol. The Morgan fingerprint density at radius 2 is 1.64 bits per heavy atom. The van der Waals surface area contributed by atoms with Gasteiger partial charge in [0.2, 0.25) is 0 Å². The third kappa shape index (κ3) is 2.85. The summed E-state index contributed by atoms with van der Waals surface area (Å²) in [4.78, 5) is 14.0. The molecule has 0 amide bonds. The van der Waals surface area contributed by atoms with Crippen LogP contribution < -0.4 is 0 Å². The first kappa shape index (κ1) is 24.0. The molecule has 5 rings (SSSR count). The van der Waals surface area contributed by atoms with Gasteiger partial charge in [-0.3, -0.25) is 4.79 Å². The monoisotopic (exact) mass is 456 g/mol. The van der Waals surface area contributed by atoms with Crippen LogP contribution in [0.5, 0.6) is 0 Å². The lowest BCUT2D eigenvalue weighted by molar-refractivity contribution is -0.204. The molecule has 5 aliphatic carbocycles. The number of carbonyl (C=O) groups excluding carboxylic acids is 1. The molecule has 3 heteroatoms. The minimum atomic E-state index is -0.553. The van der Waals surface area contributed by atoms with E-state index in [1.54, 1.807) is 0 Å². The van der Waals surface area contributed by atoms with Gasteiger partial charge in [-0.05, 0) is 90.8 Å². The fourth-order valence-electron chi connectivity index (χ4n) is 10.5. The molecule has 0 aromatic heterocycles. The molecule has 8 atom stereocenters. The standard InChI is InChI=1S/C30H48O3/c1-25(2)14-15-30(18-31)20(16-25)19-8-9-22-27(5)12-11-23(32)26(3,4)21(27)10-13-28(22,6)29(19,7)17-24(30)33/h8,20-23,31-32H,9-18H2,1-7H3/t20?,21?,22?,23-,27-,28+,29+,30+/m0/s1. The van der Waals surface area contributed by atoms with Gasteiger partial charge in [0.05, 0.1) is 18.1 Å². The Labute approximate surface area is 201 Å². The Hall–Kier alpha value is -0.670. The summed E-state index contributed by atoms with van der Waals surface area (Å²) < 4.78 is 0. The lowest BCUT2D eigenvalue weighted by Crippen LogP contribution is -2.66. The van der Waals surface area contributed by atoms with Crippen LogP contribution in [0.15, 0.2) is 11.6 Å². The summed E-state index contributed by atoms with van der Waals surface area (Å²) in [6.07, 6.45) is 11.2. The first-order valence-corrected chi connectivity index (χ1v) is 13.7. The van der Waals surface area contributed by atoms with E-state index in [1.165, 1.54) is 5.57 Å². The lowest BCUT2D eigenvalue weighted by atomic mass is 9.33. The number of carbonyl (C=O) groups is 1. The van der Waals surface area contributed by atoms with Crippen molar-refractivity contribution >= 4 is 5.78 Å². The van der Waals surface area contributed by atoms with Gasteiger partial charge in [-0.1, -0.05) is 60.1 Å². The summed E-state index contributed by atoms with van der Waals surface area (Å²) in [5.74, 6) is 1.58. The van der Waals surface area contributed by atoms with Gasteiger partial charge in [0.1, 0.15) is 5.78 Å². The molecule has 0 saturated heterocycles. The van der Waals surface area contributed by atoms with Gasteiger partial charge in [-0.2, -0.15) is 0 Å². The summed E-state index contributed by atoms with van der Waals surface area (Å²) in [7, 11) is 0. The van der Waals surface area contributed by atoms with Gasteiger partial charge in [-0.15, -0.1) is 0 Å². The molecule has 5 aliphatic rings. The predicted octanol–water partition coefficient (Wildman–Crippen LogP) is 6.32. The fourth-order valence-corrected chi connectivity index (χ4v) is 10.5. The highest BCUT2D eigenvalue weighted by Gasteiger charge is 2.69. The van der Waals surface area contributed by atoms with Crippen LogP contribution in [0, 0.1) is 50.2 Å². The van der Waals surface area contributed by atoms with Gasteiger partial charge in [0.15, 0.2) is 0 Å². The molecule has 0 bridgehead atoms. The maximum Gasteiger partial charge on any atom is 0.142 e. The first-order valence-electron chi connectivity index (χ1n) is 13.7. The zero-order chi connectivity index (χ0) is 24.2. The minimum absolute atomic E-state index is 0.00596. The van der Waals surface area contributed by atoms with Crippen molar-refractivity contribution in [2.45, 2.75) is 112 Å². The van der Waals surface area contributed by atoms with Gasteiger partial charge in [0.25, 0.3) is 0 Å². The number of allylic oxidation sites excluding steroid dienone is 2. The maximum atomic E-state index is 14.0. The van der Waals surface area contributed by atoms with E-state index in [0.29, 0.717) is 24.0 Å². The van der Waals surface area contributed by atoms with E-state index in [2.05, 4.69) is 54.5 Å². The number of fused-ring (bicyclic) bond motifs is 7. The highest BCUT2D eigenvalue weighted by atomic mass is 16.3. The highest BCUT2D eigenvalue weighted by Crippen LogP contribution is 2.75. The van der Waals surface area contributed by atoms with Crippen molar-refractivity contribution in [1.29, 1.82) is 0 Å². The van der Waals surface area contributed by atoms with Crippen LogP contribution >= 0.6 is 0 Å². The second-order valence-electron chi connectivity index (χ2n) is 15.0. The van der Waals surface area contributed by atoms with E-state index >= 15 is 0 Å². The second kappa shape index (κ2) is 6.96. The van der Waals surface area contributed by atoms with Crippen LogP contribution in [-0.2, 0) is 4.79 Å². The maximum absolute atomic E-state index is 14.0. The van der Waals surface area contributed by atoms with Crippen LogP contribution in [-0.4, -0.2) is 28.7 Å². The van der Waals surface area contributed by atoms with Crippen LogP contribution in [0.1, 0.15) is 106 Å². The molecule has 0 aromatic rings. The zero-order valence-corrected chi connectivity index (χ0v) is 22.3. The minimum Gasteiger partial charge on any atom is -0.395 e. The number of aliphatic hydroxyl groups excluding tert-OH is 2. The number of hydrogen-bond acceptors (Lipinski definition) is 3. The van der Waals surface area contributed by atoms with E-state index < -0.39 is 5.41 Å². The highest BCUT2D eigenvalue weighted by molar-refractivity contribution is 5.89. The molecule has 4 fully saturated rings. The Morgan fingerprint density at radius 3 is 2.30 bits per heavy atom. The Bertz CT molecular complexity index is 885. The molecule has 0 aliphatic heterocycles. The molecule has 0 spiro atoms. The van der Waals surface area contributed by atoms with Crippen LogP contribution in [0.3, 0.4) is 0 Å². The van der Waals surface area contributed by atoms with Crippen molar-refractivity contribution in [3.63, 3.8) is 0 Å². The second-order valence-corrected chi connectivity index (χ2v) is 15.0. The molecule has 0 radical (unpaired) electrons. The molecular weight excluding hydrogens is 408 g/mol. The average Bonchev–Trinajstić information content (AvgIpc) is 2.71.